The SMILES string of the molecule is Cc1ccc(S(=O)(=O)N(CC(=O)N(Cc2ccc(Cl)cc2)[C@@H](C)C(=O)NCC(C)C)c2cc(Cl)ccc2Cl)cc1. The number of hydrogen-bond acceptors (Lipinski definition) is 4. The summed E-state index contributed by atoms with van der Waals surface area (Å²) in [7, 11) is -4.26. The predicted octanol–water partition coefficient (Wildman–Crippen LogP) is 6.34. The van der Waals surface area contributed by atoms with Gasteiger partial charge in [0.1, 0.15) is 12.6 Å². The minimum Gasteiger partial charge on any atom is -0.354 e. The Labute approximate surface area is 251 Å². The van der Waals surface area contributed by atoms with Crippen molar-refractivity contribution in [2.24, 2.45) is 5.92 Å². The molecule has 0 aromatic heterocycles. The quantitative estimate of drug-likeness (QED) is 0.270. The van der Waals surface area contributed by atoms with Crippen molar-refractivity contribution in [1.29, 1.82) is 0 Å². The molecule has 0 aliphatic heterocycles. The zero-order valence-electron chi connectivity index (χ0n) is 22.7. The van der Waals surface area contributed by atoms with Crippen molar-refractivity contribution < 1.29 is 18.0 Å². The summed E-state index contributed by atoms with van der Waals surface area (Å²) in [6.45, 7) is 7.23. The summed E-state index contributed by atoms with van der Waals surface area (Å²) in [4.78, 5) is 28.3. The molecule has 1 atom stereocenters. The third-order valence-corrected chi connectivity index (χ3v) is 8.76. The monoisotopic (exact) mass is 623 g/mol. The lowest BCUT2D eigenvalue weighted by Gasteiger charge is -2.32. The third kappa shape index (κ3) is 8.13. The molecular formula is C29H32Cl3N3O4S. The van der Waals surface area contributed by atoms with Crippen LogP contribution in [-0.4, -0.2) is 44.3 Å². The van der Waals surface area contributed by atoms with Crippen LogP contribution in [0, 0.1) is 12.8 Å². The molecule has 214 valence electrons. The zero-order valence-corrected chi connectivity index (χ0v) is 25.8. The average Bonchev–Trinajstić information content (AvgIpc) is 2.91. The molecular weight excluding hydrogens is 593 g/mol. The molecule has 0 aliphatic carbocycles. The van der Waals surface area contributed by atoms with Crippen molar-refractivity contribution in [3.63, 3.8) is 0 Å². The van der Waals surface area contributed by atoms with Gasteiger partial charge < -0.3 is 10.2 Å². The minimum atomic E-state index is -4.26. The standard InChI is InChI=1S/C29H32Cl3N3O4S/c1-19(2)16-33-29(37)21(4)34(17-22-7-9-23(30)10-8-22)28(36)18-35(27-15-24(31)11-14-26(27)32)40(38,39)25-12-5-20(3)6-13-25/h5-15,19,21H,16-18H2,1-4H3,(H,33,37)/t21-/m0/s1. The molecule has 3 rings (SSSR count). The second-order valence-corrected chi connectivity index (χ2v) is 13.0. The first-order chi connectivity index (χ1) is 18.8. The van der Waals surface area contributed by atoms with Crippen molar-refractivity contribution in [2.75, 3.05) is 17.4 Å². The molecule has 0 spiro atoms. The fraction of sp³-hybridized carbons (Fsp3) is 0.310. The maximum atomic E-state index is 13.9. The molecule has 7 nitrogen and oxygen atoms in total. The second-order valence-electron chi connectivity index (χ2n) is 9.88. The van der Waals surface area contributed by atoms with E-state index in [2.05, 4.69) is 5.32 Å². The Balaban J connectivity index is 2.05. The van der Waals surface area contributed by atoms with Crippen LogP contribution >= 0.6 is 34.8 Å². The molecule has 1 N–H and O–H groups in total. The van der Waals surface area contributed by atoms with E-state index in [1.165, 1.54) is 35.2 Å². The smallest absolute Gasteiger partial charge is 0.264 e. The molecule has 40 heavy (non-hydrogen) atoms. The number of nitrogens with zero attached hydrogens (tertiary/aromatic N) is 2. The summed E-state index contributed by atoms with van der Waals surface area (Å²) in [6, 6.07) is 16.6. The lowest BCUT2D eigenvalue weighted by Crippen LogP contribution is -2.51. The van der Waals surface area contributed by atoms with Gasteiger partial charge in [0.2, 0.25) is 11.8 Å². The first-order valence-corrected chi connectivity index (χ1v) is 15.2. The summed E-state index contributed by atoms with van der Waals surface area (Å²) >= 11 is 18.7. The van der Waals surface area contributed by atoms with Crippen LogP contribution in [-0.2, 0) is 26.2 Å². The number of sulfonamides is 1. The predicted molar refractivity (Wildman–Crippen MR) is 161 cm³/mol. The van der Waals surface area contributed by atoms with Crippen LogP contribution < -0.4 is 9.62 Å². The summed E-state index contributed by atoms with van der Waals surface area (Å²) in [6.07, 6.45) is 0. The molecule has 0 bridgehead atoms. The lowest BCUT2D eigenvalue weighted by atomic mass is 10.1. The van der Waals surface area contributed by atoms with E-state index in [0.717, 1.165) is 15.4 Å². The maximum Gasteiger partial charge on any atom is 0.264 e. The number of hydrogen-bond donors (Lipinski definition) is 1. The number of halogens is 3. The second kappa shape index (κ2) is 13.7. The van der Waals surface area contributed by atoms with E-state index in [1.54, 1.807) is 43.3 Å². The number of amides is 2. The lowest BCUT2D eigenvalue weighted by molar-refractivity contribution is -0.139. The number of rotatable bonds is 11. The Morgan fingerprint density at radius 3 is 2.08 bits per heavy atom. The highest BCUT2D eigenvalue weighted by Crippen LogP contribution is 2.33. The Morgan fingerprint density at radius 1 is 0.875 bits per heavy atom. The first kappa shape index (κ1) is 31.7. The summed E-state index contributed by atoms with van der Waals surface area (Å²) < 4.78 is 28.7. The molecule has 0 fully saturated rings. The van der Waals surface area contributed by atoms with E-state index in [0.29, 0.717) is 11.6 Å². The van der Waals surface area contributed by atoms with Crippen LogP contribution in [0.4, 0.5) is 5.69 Å². The number of anilines is 1. The van der Waals surface area contributed by atoms with Gasteiger partial charge in [0.15, 0.2) is 0 Å². The van der Waals surface area contributed by atoms with E-state index in [4.69, 9.17) is 34.8 Å². The molecule has 3 aromatic rings. The summed E-state index contributed by atoms with van der Waals surface area (Å²) in [5.41, 5.74) is 1.64. The first-order valence-electron chi connectivity index (χ1n) is 12.7. The Morgan fingerprint density at radius 2 is 1.48 bits per heavy atom. The third-order valence-electron chi connectivity index (χ3n) is 6.18. The van der Waals surface area contributed by atoms with Crippen LogP contribution in [0.1, 0.15) is 31.9 Å². The molecule has 0 saturated heterocycles. The number of benzene rings is 3. The number of carbonyl (C=O) groups is 2. The van der Waals surface area contributed by atoms with Crippen LogP contribution in [0.5, 0.6) is 0 Å². The van der Waals surface area contributed by atoms with Crippen molar-refractivity contribution in [2.45, 2.75) is 45.2 Å². The van der Waals surface area contributed by atoms with Gasteiger partial charge in [0.25, 0.3) is 10.0 Å². The highest BCUT2D eigenvalue weighted by molar-refractivity contribution is 7.92. The van der Waals surface area contributed by atoms with Gasteiger partial charge in [-0.25, -0.2) is 8.42 Å². The fourth-order valence-corrected chi connectivity index (χ4v) is 5.84. The highest BCUT2D eigenvalue weighted by Gasteiger charge is 2.33. The van der Waals surface area contributed by atoms with E-state index < -0.39 is 28.5 Å². The Kier molecular flexibility index (Phi) is 10.9. The van der Waals surface area contributed by atoms with E-state index in [1.807, 2.05) is 20.8 Å². The number of aryl methyl sites for hydroxylation is 1. The summed E-state index contributed by atoms with van der Waals surface area (Å²) in [5.74, 6) is -0.754. The molecule has 0 unspecified atom stereocenters. The van der Waals surface area contributed by atoms with E-state index >= 15 is 0 Å². The van der Waals surface area contributed by atoms with Gasteiger partial charge in [-0.2, -0.15) is 0 Å². The molecule has 3 aromatic carbocycles. The number of carbonyl (C=O) groups excluding carboxylic acids is 2. The van der Waals surface area contributed by atoms with Crippen LogP contribution in [0.25, 0.3) is 0 Å². The normalized spacial score (nSPS) is 12.2. The maximum absolute atomic E-state index is 13.9. The van der Waals surface area contributed by atoms with Gasteiger partial charge in [0, 0.05) is 23.1 Å². The molecule has 0 heterocycles. The van der Waals surface area contributed by atoms with Crippen molar-refractivity contribution in [3.8, 4) is 0 Å². The molecule has 0 saturated carbocycles. The van der Waals surface area contributed by atoms with Gasteiger partial charge in [-0.3, -0.25) is 13.9 Å². The Bertz CT molecular complexity index is 1450. The van der Waals surface area contributed by atoms with Crippen molar-refractivity contribution in [1.82, 2.24) is 10.2 Å². The number of nitrogens with one attached hydrogen (secondary N) is 1. The van der Waals surface area contributed by atoms with Gasteiger partial charge in [-0.15, -0.1) is 0 Å². The highest BCUT2D eigenvalue weighted by atomic mass is 35.5. The van der Waals surface area contributed by atoms with Crippen LogP contribution in [0.15, 0.2) is 71.6 Å². The van der Waals surface area contributed by atoms with Crippen molar-refractivity contribution in [3.05, 3.63) is 92.9 Å². The fourth-order valence-electron chi connectivity index (χ4n) is 3.85. The molecule has 2 amide bonds. The molecule has 0 radical (unpaired) electrons. The van der Waals surface area contributed by atoms with Gasteiger partial charge in [-0.05, 0) is 67.8 Å². The molecule has 0 aliphatic rings. The topological polar surface area (TPSA) is 86.8 Å². The van der Waals surface area contributed by atoms with E-state index in [9.17, 15) is 18.0 Å². The Hall–Kier alpha value is -2.78. The van der Waals surface area contributed by atoms with Gasteiger partial charge >= 0.3 is 0 Å². The van der Waals surface area contributed by atoms with E-state index in [-0.39, 0.29) is 39.0 Å². The zero-order chi connectivity index (χ0) is 29.6. The summed E-state index contributed by atoms with van der Waals surface area (Å²) in [5, 5.41) is 3.72. The average molecular weight is 625 g/mol. The largest absolute Gasteiger partial charge is 0.354 e. The van der Waals surface area contributed by atoms with Gasteiger partial charge in [0.05, 0.1) is 15.6 Å². The van der Waals surface area contributed by atoms with Crippen molar-refractivity contribution >= 4 is 62.3 Å². The van der Waals surface area contributed by atoms with Gasteiger partial charge in [-0.1, -0.05) is 78.5 Å². The minimum absolute atomic E-state index is 0.0195. The molecule has 11 heteroatoms. The van der Waals surface area contributed by atoms with Crippen LogP contribution in [0.2, 0.25) is 15.1 Å². The van der Waals surface area contributed by atoms with Crippen LogP contribution in [0.3, 0.4) is 0 Å².